The van der Waals surface area contributed by atoms with Crippen molar-refractivity contribution in [2.75, 3.05) is 20.3 Å². The number of ether oxygens (including phenoxy) is 1. The SMILES string of the molecule is COCCNC(=S)N[C@H](c1ccc(C)cc1)c1cccs1. The number of methoxy groups -OCH3 is 1. The third-order valence-corrected chi connectivity index (χ3v) is 4.30. The molecule has 1 heterocycles. The number of nitrogens with one attached hydrogen (secondary N) is 2. The van der Waals surface area contributed by atoms with Gasteiger partial charge >= 0.3 is 0 Å². The van der Waals surface area contributed by atoms with Crippen LogP contribution in [0.1, 0.15) is 22.0 Å². The lowest BCUT2D eigenvalue weighted by Crippen LogP contribution is -2.39. The lowest BCUT2D eigenvalue weighted by molar-refractivity contribution is 0.204. The first-order valence-corrected chi connectivity index (χ1v) is 8.13. The Morgan fingerprint density at radius 1 is 1.29 bits per heavy atom. The van der Waals surface area contributed by atoms with E-state index in [1.54, 1.807) is 18.4 Å². The molecule has 0 aliphatic heterocycles. The molecule has 2 rings (SSSR count). The number of aryl methyl sites for hydroxylation is 1. The van der Waals surface area contributed by atoms with E-state index in [1.165, 1.54) is 16.0 Å². The average Bonchev–Trinajstić information content (AvgIpc) is 3.00. The third kappa shape index (κ3) is 4.81. The molecule has 3 nitrogen and oxygen atoms in total. The molecule has 0 saturated heterocycles. The van der Waals surface area contributed by atoms with Crippen LogP contribution in [0.25, 0.3) is 0 Å². The van der Waals surface area contributed by atoms with Crippen molar-refractivity contribution in [2.24, 2.45) is 0 Å². The van der Waals surface area contributed by atoms with Gasteiger partial charge in [0.1, 0.15) is 0 Å². The zero-order valence-corrected chi connectivity index (χ0v) is 13.9. The van der Waals surface area contributed by atoms with Gasteiger partial charge in [0.05, 0.1) is 12.6 Å². The zero-order valence-electron chi connectivity index (χ0n) is 12.3. The largest absolute Gasteiger partial charge is 0.383 e. The van der Waals surface area contributed by atoms with E-state index in [0.29, 0.717) is 18.3 Å². The normalized spacial score (nSPS) is 11.9. The highest BCUT2D eigenvalue weighted by Crippen LogP contribution is 2.26. The lowest BCUT2D eigenvalue weighted by Gasteiger charge is -2.20. The molecule has 0 unspecified atom stereocenters. The molecule has 0 saturated carbocycles. The van der Waals surface area contributed by atoms with Gasteiger partial charge in [-0.15, -0.1) is 11.3 Å². The topological polar surface area (TPSA) is 33.3 Å². The lowest BCUT2D eigenvalue weighted by atomic mass is 10.0. The molecule has 0 bridgehead atoms. The first kappa shape index (κ1) is 15.9. The first-order chi connectivity index (χ1) is 10.2. The van der Waals surface area contributed by atoms with E-state index < -0.39 is 0 Å². The Balaban J connectivity index is 2.10. The standard InChI is InChI=1S/C16H20N2OS2/c1-12-5-7-13(8-6-12)15(14-4-3-11-21-14)18-16(20)17-9-10-19-2/h3-8,11,15H,9-10H2,1-2H3,(H2,17,18,20)/t15-/m1/s1. The quantitative estimate of drug-likeness (QED) is 0.632. The molecule has 0 amide bonds. The van der Waals surface area contributed by atoms with E-state index in [2.05, 4.69) is 59.3 Å². The predicted molar refractivity (Wildman–Crippen MR) is 93.0 cm³/mol. The van der Waals surface area contributed by atoms with Crippen LogP contribution in [0.5, 0.6) is 0 Å². The van der Waals surface area contributed by atoms with E-state index in [-0.39, 0.29) is 6.04 Å². The minimum absolute atomic E-state index is 0.0770. The van der Waals surface area contributed by atoms with Crippen LogP contribution in [-0.2, 0) is 4.74 Å². The number of thiophene rings is 1. The average molecular weight is 320 g/mol. The Morgan fingerprint density at radius 2 is 2.05 bits per heavy atom. The van der Waals surface area contributed by atoms with Gasteiger partial charge in [0.25, 0.3) is 0 Å². The van der Waals surface area contributed by atoms with Gasteiger partial charge in [0.15, 0.2) is 5.11 Å². The zero-order chi connectivity index (χ0) is 15.1. The maximum atomic E-state index is 5.37. The molecule has 0 fully saturated rings. The van der Waals surface area contributed by atoms with E-state index in [0.717, 1.165) is 0 Å². The molecule has 0 spiro atoms. The highest BCUT2D eigenvalue weighted by molar-refractivity contribution is 7.80. The maximum absolute atomic E-state index is 5.37. The van der Waals surface area contributed by atoms with Gasteiger partial charge in [-0.25, -0.2) is 0 Å². The fraction of sp³-hybridized carbons (Fsp3) is 0.312. The molecular formula is C16H20N2OS2. The summed E-state index contributed by atoms with van der Waals surface area (Å²) >= 11 is 7.10. The Bertz CT molecular complexity index is 552. The Morgan fingerprint density at radius 3 is 2.67 bits per heavy atom. The van der Waals surface area contributed by atoms with Crippen molar-refractivity contribution in [3.05, 3.63) is 57.8 Å². The molecule has 2 N–H and O–H groups in total. The molecule has 2 aromatic rings. The summed E-state index contributed by atoms with van der Waals surface area (Å²) in [6.45, 7) is 3.43. The van der Waals surface area contributed by atoms with E-state index in [9.17, 15) is 0 Å². The summed E-state index contributed by atoms with van der Waals surface area (Å²) in [6, 6.07) is 12.8. The number of benzene rings is 1. The van der Waals surface area contributed by atoms with Gasteiger partial charge < -0.3 is 15.4 Å². The van der Waals surface area contributed by atoms with E-state index in [1.807, 2.05) is 0 Å². The molecule has 0 radical (unpaired) electrons. The van der Waals surface area contributed by atoms with Crippen LogP contribution < -0.4 is 10.6 Å². The second-order valence-corrected chi connectivity index (χ2v) is 6.14. The van der Waals surface area contributed by atoms with Crippen molar-refractivity contribution < 1.29 is 4.74 Å². The monoisotopic (exact) mass is 320 g/mol. The minimum atomic E-state index is 0.0770. The summed E-state index contributed by atoms with van der Waals surface area (Å²) in [6.07, 6.45) is 0. The van der Waals surface area contributed by atoms with Crippen LogP contribution in [0.4, 0.5) is 0 Å². The van der Waals surface area contributed by atoms with Gasteiger partial charge in [-0.3, -0.25) is 0 Å². The van der Waals surface area contributed by atoms with Crippen molar-refractivity contribution in [1.29, 1.82) is 0 Å². The Hall–Kier alpha value is -1.43. The molecule has 112 valence electrons. The summed E-state index contributed by atoms with van der Waals surface area (Å²) in [5.74, 6) is 0. The molecule has 1 atom stereocenters. The van der Waals surface area contributed by atoms with Crippen LogP contribution in [0, 0.1) is 6.92 Å². The van der Waals surface area contributed by atoms with Crippen LogP contribution in [0.3, 0.4) is 0 Å². The predicted octanol–water partition coefficient (Wildman–Crippen LogP) is 3.26. The van der Waals surface area contributed by atoms with Crippen LogP contribution >= 0.6 is 23.6 Å². The third-order valence-electron chi connectivity index (χ3n) is 3.11. The van der Waals surface area contributed by atoms with E-state index >= 15 is 0 Å². The molecule has 0 aliphatic carbocycles. The number of hydrogen-bond acceptors (Lipinski definition) is 3. The molecule has 5 heteroatoms. The van der Waals surface area contributed by atoms with Gasteiger partial charge in [0.2, 0.25) is 0 Å². The molecule has 1 aromatic carbocycles. The van der Waals surface area contributed by atoms with Crippen LogP contribution in [0.15, 0.2) is 41.8 Å². The van der Waals surface area contributed by atoms with Gasteiger partial charge in [-0.05, 0) is 36.2 Å². The van der Waals surface area contributed by atoms with Gasteiger partial charge in [-0.2, -0.15) is 0 Å². The van der Waals surface area contributed by atoms with Gasteiger partial charge in [0, 0.05) is 18.5 Å². The molecule has 21 heavy (non-hydrogen) atoms. The summed E-state index contributed by atoms with van der Waals surface area (Å²) in [4.78, 5) is 1.25. The smallest absolute Gasteiger partial charge is 0.167 e. The van der Waals surface area contributed by atoms with E-state index in [4.69, 9.17) is 17.0 Å². The first-order valence-electron chi connectivity index (χ1n) is 6.84. The number of rotatable bonds is 6. The van der Waals surface area contributed by atoms with Crippen molar-refractivity contribution in [3.8, 4) is 0 Å². The van der Waals surface area contributed by atoms with Crippen molar-refractivity contribution in [3.63, 3.8) is 0 Å². The van der Waals surface area contributed by atoms with Crippen molar-refractivity contribution >= 4 is 28.7 Å². The fourth-order valence-electron chi connectivity index (χ4n) is 1.98. The fourth-order valence-corrected chi connectivity index (χ4v) is 3.00. The highest BCUT2D eigenvalue weighted by atomic mass is 32.1. The van der Waals surface area contributed by atoms with Crippen molar-refractivity contribution in [2.45, 2.75) is 13.0 Å². The maximum Gasteiger partial charge on any atom is 0.167 e. The molecule has 1 aromatic heterocycles. The second kappa shape index (κ2) is 8.12. The molecular weight excluding hydrogens is 300 g/mol. The van der Waals surface area contributed by atoms with Crippen molar-refractivity contribution in [1.82, 2.24) is 10.6 Å². The molecule has 0 aliphatic rings. The minimum Gasteiger partial charge on any atom is -0.383 e. The Labute approximate surface area is 135 Å². The number of thiocarbonyl (C=S) groups is 1. The summed E-state index contributed by atoms with van der Waals surface area (Å²) in [5, 5.41) is 9.27. The second-order valence-electron chi connectivity index (χ2n) is 4.75. The Kier molecular flexibility index (Phi) is 6.17. The van der Waals surface area contributed by atoms with Crippen LogP contribution in [0.2, 0.25) is 0 Å². The number of hydrogen-bond donors (Lipinski definition) is 2. The summed E-state index contributed by atoms with van der Waals surface area (Å²) in [7, 11) is 1.68. The van der Waals surface area contributed by atoms with Gasteiger partial charge in [-0.1, -0.05) is 35.9 Å². The summed E-state index contributed by atoms with van der Waals surface area (Å²) < 4.78 is 5.02. The highest BCUT2D eigenvalue weighted by Gasteiger charge is 2.15. The summed E-state index contributed by atoms with van der Waals surface area (Å²) in [5.41, 5.74) is 2.46. The van der Waals surface area contributed by atoms with Crippen LogP contribution in [-0.4, -0.2) is 25.4 Å².